The second kappa shape index (κ2) is 6.17. The van der Waals surface area contributed by atoms with Gasteiger partial charge in [-0.15, -0.1) is 0 Å². The van der Waals surface area contributed by atoms with Crippen molar-refractivity contribution in [1.29, 1.82) is 0 Å². The lowest BCUT2D eigenvalue weighted by atomic mass is 10.1. The zero-order valence-corrected chi connectivity index (χ0v) is 13.7. The monoisotopic (exact) mass is 363 g/mol. The van der Waals surface area contributed by atoms with Gasteiger partial charge in [0.05, 0.1) is 5.56 Å². The molecule has 0 unspecified atom stereocenters. The number of aromatic nitrogens is 3. The molecular formula is C17H16F3N5O. The first-order valence-corrected chi connectivity index (χ1v) is 8.19. The van der Waals surface area contributed by atoms with Crippen molar-refractivity contribution < 1.29 is 13.2 Å². The number of nitrogens with zero attached hydrogens (tertiary/aromatic N) is 3. The first-order valence-electron chi connectivity index (χ1n) is 8.19. The highest BCUT2D eigenvalue weighted by atomic mass is 19.4. The van der Waals surface area contributed by atoms with Gasteiger partial charge in [-0.1, -0.05) is 30.3 Å². The molecule has 1 aliphatic heterocycles. The number of rotatable bonds is 2. The van der Waals surface area contributed by atoms with E-state index in [1.807, 2.05) is 4.90 Å². The fourth-order valence-corrected chi connectivity index (χ4v) is 3.18. The van der Waals surface area contributed by atoms with Gasteiger partial charge in [-0.25, -0.2) is 0 Å². The number of H-pyrrole nitrogens is 1. The Morgan fingerprint density at radius 1 is 1.08 bits per heavy atom. The summed E-state index contributed by atoms with van der Waals surface area (Å²) >= 11 is 0. The average molecular weight is 363 g/mol. The molecule has 2 N–H and O–H groups in total. The van der Waals surface area contributed by atoms with Crippen molar-refractivity contribution in [2.24, 2.45) is 0 Å². The molecule has 26 heavy (non-hydrogen) atoms. The Bertz CT molecular complexity index is 987. The van der Waals surface area contributed by atoms with Gasteiger partial charge in [0.2, 0.25) is 0 Å². The highest BCUT2D eigenvalue weighted by Gasteiger charge is 2.39. The van der Waals surface area contributed by atoms with Crippen molar-refractivity contribution in [3.8, 4) is 11.1 Å². The van der Waals surface area contributed by atoms with Gasteiger partial charge in [-0.05, 0) is 5.56 Å². The van der Waals surface area contributed by atoms with Gasteiger partial charge in [0.1, 0.15) is 11.5 Å². The molecule has 1 fully saturated rings. The van der Waals surface area contributed by atoms with Gasteiger partial charge >= 0.3 is 6.18 Å². The maximum absolute atomic E-state index is 13.5. The van der Waals surface area contributed by atoms with E-state index in [0.717, 1.165) is 17.6 Å². The van der Waals surface area contributed by atoms with E-state index in [1.54, 1.807) is 30.3 Å². The second-order valence-electron chi connectivity index (χ2n) is 6.08. The van der Waals surface area contributed by atoms with E-state index >= 15 is 0 Å². The summed E-state index contributed by atoms with van der Waals surface area (Å²) in [5.74, 6) is 0.495. The van der Waals surface area contributed by atoms with Crippen LogP contribution in [0.1, 0.15) is 5.69 Å². The minimum atomic E-state index is -4.67. The number of anilines is 1. The molecule has 1 saturated heterocycles. The standard InChI is InChI=1S/C17H16F3N5O/c18-17(19,20)15-14(11-4-2-1-3-5-11)16-22-12(10-13(26)25(16)23-15)24-8-6-21-7-9-24/h1-5,10,21-22H,6-9H2. The van der Waals surface area contributed by atoms with Crippen LogP contribution in [0.3, 0.4) is 0 Å². The van der Waals surface area contributed by atoms with Crippen LogP contribution in [0, 0.1) is 0 Å². The van der Waals surface area contributed by atoms with Gasteiger partial charge in [0, 0.05) is 32.2 Å². The van der Waals surface area contributed by atoms with Crippen LogP contribution in [0.25, 0.3) is 16.8 Å². The summed E-state index contributed by atoms with van der Waals surface area (Å²) in [6.45, 7) is 2.80. The summed E-state index contributed by atoms with van der Waals surface area (Å²) in [4.78, 5) is 17.4. The lowest BCUT2D eigenvalue weighted by Gasteiger charge is -2.28. The van der Waals surface area contributed by atoms with E-state index in [2.05, 4.69) is 15.4 Å². The van der Waals surface area contributed by atoms with Gasteiger partial charge in [-0.2, -0.15) is 22.8 Å². The van der Waals surface area contributed by atoms with Crippen molar-refractivity contribution in [3.63, 3.8) is 0 Å². The van der Waals surface area contributed by atoms with E-state index in [0.29, 0.717) is 24.5 Å². The highest BCUT2D eigenvalue weighted by molar-refractivity contribution is 5.81. The van der Waals surface area contributed by atoms with Crippen molar-refractivity contribution >= 4 is 11.5 Å². The van der Waals surface area contributed by atoms with Crippen LogP contribution in [-0.4, -0.2) is 40.8 Å². The molecule has 0 bridgehead atoms. The van der Waals surface area contributed by atoms with E-state index < -0.39 is 17.4 Å². The average Bonchev–Trinajstić information content (AvgIpc) is 3.04. The number of nitrogens with one attached hydrogen (secondary N) is 2. The molecule has 136 valence electrons. The smallest absolute Gasteiger partial charge is 0.355 e. The minimum Gasteiger partial charge on any atom is -0.355 e. The maximum Gasteiger partial charge on any atom is 0.435 e. The Kier molecular flexibility index (Phi) is 3.95. The lowest BCUT2D eigenvalue weighted by Crippen LogP contribution is -2.44. The SMILES string of the molecule is O=c1cc(N2CCNCC2)[nH]c2c(-c3ccccc3)c(C(F)(F)F)nn12. The molecule has 9 heteroatoms. The molecular weight excluding hydrogens is 347 g/mol. The number of alkyl halides is 3. The van der Waals surface area contributed by atoms with Crippen molar-refractivity contribution in [3.05, 3.63) is 52.4 Å². The van der Waals surface area contributed by atoms with Gasteiger partial charge < -0.3 is 15.2 Å². The Morgan fingerprint density at radius 3 is 2.42 bits per heavy atom. The van der Waals surface area contributed by atoms with Crippen molar-refractivity contribution in [2.75, 3.05) is 31.1 Å². The summed E-state index contributed by atoms with van der Waals surface area (Å²) in [6.07, 6.45) is -4.67. The lowest BCUT2D eigenvalue weighted by molar-refractivity contribution is -0.140. The predicted molar refractivity (Wildman–Crippen MR) is 91.3 cm³/mol. The molecule has 0 aliphatic carbocycles. The molecule has 1 aromatic carbocycles. The van der Waals surface area contributed by atoms with Crippen molar-refractivity contribution in [1.82, 2.24) is 19.9 Å². The van der Waals surface area contributed by atoms with E-state index in [4.69, 9.17) is 0 Å². The molecule has 1 aliphatic rings. The molecule has 0 saturated carbocycles. The number of hydrogen-bond acceptors (Lipinski definition) is 4. The van der Waals surface area contributed by atoms with Crippen LogP contribution in [0.4, 0.5) is 19.0 Å². The van der Waals surface area contributed by atoms with E-state index in [-0.39, 0.29) is 11.2 Å². The molecule has 0 radical (unpaired) electrons. The Labute approximate surface area is 146 Å². The number of halogens is 3. The fraction of sp³-hybridized carbons (Fsp3) is 0.294. The number of fused-ring (bicyclic) bond motifs is 1. The van der Waals surface area contributed by atoms with Crippen LogP contribution in [0.5, 0.6) is 0 Å². The van der Waals surface area contributed by atoms with Crippen molar-refractivity contribution in [2.45, 2.75) is 6.18 Å². The quantitative estimate of drug-likeness (QED) is 0.732. The highest BCUT2D eigenvalue weighted by Crippen LogP contribution is 2.38. The summed E-state index contributed by atoms with van der Waals surface area (Å²) in [5, 5.41) is 6.76. The molecule has 3 heterocycles. The third kappa shape index (κ3) is 2.84. The van der Waals surface area contributed by atoms with E-state index in [1.165, 1.54) is 6.07 Å². The maximum atomic E-state index is 13.5. The van der Waals surface area contributed by atoms with Crippen LogP contribution >= 0.6 is 0 Å². The summed E-state index contributed by atoms with van der Waals surface area (Å²) in [6, 6.07) is 9.45. The molecule has 0 amide bonds. The third-order valence-corrected chi connectivity index (χ3v) is 4.39. The minimum absolute atomic E-state index is 0.0459. The Balaban J connectivity index is 1.98. The normalized spacial score (nSPS) is 15.6. The molecule has 3 aromatic rings. The first kappa shape index (κ1) is 16.6. The Morgan fingerprint density at radius 2 is 1.77 bits per heavy atom. The summed E-state index contributed by atoms with van der Waals surface area (Å²) < 4.78 is 41.4. The van der Waals surface area contributed by atoms with Gasteiger partial charge in [-0.3, -0.25) is 4.79 Å². The van der Waals surface area contributed by atoms with Crippen LogP contribution < -0.4 is 15.8 Å². The number of piperazine rings is 1. The van der Waals surface area contributed by atoms with Crippen LogP contribution in [0.15, 0.2) is 41.2 Å². The molecule has 0 spiro atoms. The molecule has 0 atom stereocenters. The molecule has 2 aromatic heterocycles. The Hall–Kier alpha value is -2.81. The number of benzene rings is 1. The summed E-state index contributed by atoms with van der Waals surface area (Å²) in [5.41, 5.74) is -1.39. The molecule has 4 rings (SSSR count). The van der Waals surface area contributed by atoms with Gasteiger partial charge in [0.15, 0.2) is 5.69 Å². The number of aromatic amines is 1. The zero-order chi connectivity index (χ0) is 18.3. The van der Waals surface area contributed by atoms with Crippen LogP contribution in [-0.2, 0) is 6.18 Å². The first-order chi connectivity index (χ1) is 12.4. The predicted octanol–water partition coefficient (Wildman–Crippen LogP) is 2.12. The largest absolute Gasteiger partial charge is 0.435 e. The van der Waals surface area contributed by atoms with Gasteiger partial charge in [0.25, 0.3) is 5.56 Å². The fourth-order valence-electron chi connectivity index (χ4n) is 3.18. The van der Waals surface area contributed by atoms with Crippen LogP contribution in [0.2, 0.25) is 0 Å². The zero-order valence-electron chi connectivity index (χ0n) is 13.7. The topological polar surface area (TPSA) is 65.4 Å². The third-order valence-electron chi connectivity index (χ3n) is 4.39. The second-order valence-corrected chi connectivity index (χ2v) is 6.08. The summed E-state index contributed by atoms with van der Waals surface area (Å²) in [7, 11) is 0. The number of hydrogen-bond donors (Lipinski definition) is 2. The molecule has 6 nitrogen and oxygen atoms in total. The van der Waals surface area contributed by atoms with E-state index in [9.17, 15) is 18.0 Å².